The molecule has 0 atom stereocenters. The van der Waals surface area contributed by atoms with Gasteiger partial charge in [-0.3, -0.25) is 14.7 Å². The first-order valence-electron chi connectivity index (χ1n) is 8.97. The highest BCUT2D eigenvalue weighted by atomic mass is 16.4. The number of carbonyl (C=O) groups is 1. The minimum Gasteiger partial charge on any atom is -0.480 e. The summed E-state index contributed by atoms with van der Waals surface area (Å²) in [5.41, 5.74) is 2.72. The van der Waals surface area contributed by atoms with E-state index in [1.54, 1.807) is 6.20 Å². The van der Waals surface area contributed by atoms with Crippen molar-refractivity contribution in [2.24, 2.45) is 0 Å². The van der Waals surface area contributed by atoms with Gasteiger partial charge in [0.15, 0.2) is 5.82 Å². The predicted octanol–water partition coefficient (Wildman–Crippen LogP) is 2.50. The van der Waals surface area contributed by atoms with Crippen molar-refractivity contribution in [2.75, 3.05) is 18.4 Å². The zero-order valence-electron chi connectivity index (χ0n) is 15.4. The largest absolute Gasteiger partial charge is 0.480 e. The summed E-state index contributed by atoms with van der Waals surface area (Å²) >= 11 is 0. The van der Waals surface area contributed by atoms with Gasteiger partial charge in [-0.05, 0) is 45.4 Å². The van der Waals surface area contributed by atoms with Crippen molar-refractivity contribution in [3.05, 3.63) is 35.7 Å². The van der Waals surface area contributed by atoms with Gasteiger partial charge in [-0.1, -0.05) is 13.0 Å². The maximum atomic E-state index is 11.0. The molecule has 0 aliphatic heterocycles. The zero-order valence-corrected chi connectivity index (χ0v) is 15.4. The second-order valence-corrected chi connectivity index (χ2v) is 6.74. The molecule has 7 nitrogen and oxygen atoms in total. The first-order chi connectivity index (χ1) is 12.5. The number of nitrogens with one attached hydrogen (secondary N) is 1. The van der Waals surface area contributed by atoms with Crippen LogP contribution in [0.4, 0.5) is 5.82 Å². The smallest absolute Gasteiger partial charge is 0.317 e. The minimum absolute atomic E-state index is 0.101. The second kappa shape index (κ2) is 7.78. The van der Waals surface area contributed by atoms with E-state index in [0.29, 0.717) is 17.9 Å². The number of carboxylic acids is 1. The molecule has 0 aromatic carbocycles. The number of likely N-dealkylation sites (N-methyl/N-ethyl adjacent to an activating group) is 1. The number of carboxylic acid groups (broad SMARTS) is 1. The summed E-state index contributed by atoms with van der Waals surface area (Å²) in [6, 6.07) is 6.30. The minimum atomic E-state index is -0.773. The van der Waals surface area contributed by atoms with Crippen molar-refractivity contribution in [1.82, 2.24) is 19.9 Å². The SMILES string of the molecule is CCN(CC(=O)O)C1CC(Nc2nc(-c3ccccn3)nc(C)c2C)C1. The molecule has 1 aliphatic carbocycles. The first-order valence-corrected chi connectivity index (χ1v) is 8.97. The number of aryl methyl sites for hydroxylation is 1. The first kappa shape index (κ1) is 18.3. The van der Waals surface area contributed by atoms with Gasteiger partial charge in [-0.25, -0.2) is 9.97 Å². The molecule has 138 valence electrons. The molecule has 1 aliphatic rings. The van der Waals surface area contributed by atoms with Gasteiger partial charge in [0.25, 0.3) is 0 Å². The molecule has 1 saturated carbocycles. The van der Waals surface area contributed by atoms with Crippen LogP contribution in [0.2, 0.25) is 0 Å². The number of aliphatic carboxylic acids is 1. The second-order valence-electron chi connectivity index (χ2n) is 6.74. The maximum Gasteiger partial charge on any atom is 0.317 e. The third kappa shape index (κ3) is 3.99. The average molecular weight is 355 g/mol. The van der Waals surface area contributed by atoms with Crippen LogP contribution >= 0.6 is 0 Å². The molecule has 2 aromatic heterocycles. The van der Waals surface area contributed by atoms with Crippen molar-refractivity contribution < 1.29 is 9.90 Å². The molecule has 26 heavy (non-hydrogen) atoms. The Labute approximate surface area is 153 Å². The van der Waals surface area contributed by atoms with Gasteiger partial charge in [0.1, 0.15) is 11.5 Å². The Morgan fingerprint density at radius 3 is 2.69 bits per heavy atom. The molecule has 0 unspecified atom stereocenters. The van der Waals surface area contributed by atoms with Crippen LogP contribution in [0.15, 0.2) is 24.4 Å². The average Bonchev–Trinajstić information content (AvgIpc) is 2.60. The van der Waals surface area contributed by atoms with E-state index in [0.717, 1.165) is 42.2 Å². The molecule has 2 aromatic rings. The summed E-state index contributed by atoms with van der Waals surface area (Å²) in [7, 11) is 0. The summed E-state index contributed by atoms with van der Waals surface area (Å²) in [5.74, 6) is 0.682. The molecule has 0 spiro atoms. The molecule has 7 heteroatoms. The third-order valence-corrected chi connectivity index (χ3v) is 5.00. The van der Waals surface area contributed by atoms with E-state index in [1.807, 2.05) is 43.9 Å². The molecule has 0 bridgehead atoms. The highest BCUT2D eigenvalue weighted by molar-refractivity contribution is 5.69. The van der Waals surface area contributed by atoms with Crippen LogP contribution in [0.1, 0.15) is 31.0 Å². The Hall–Kier alpha value is -2.54. The molecular formula is C19H25N5O2. The Balaban J connectivity index is 1.69. The molecule has 0 amide bonds. The number of rotatable bonds is 7. The monoisotopic (exact) mass is 355 g/mol. The molecule has 0 radical (unpaired) electrons. The lowest BCUT2D eigenvalue weighted by molar-refractivity contribution is -0.139. The van der Waals surface area contributed by atoms with Crippen LogP contribution in [0, 0.1) is 13.8 Å². The third-order valence-electron chi connectivity index (χ3n) is 5.00. The fraction of sp³-hybridized carbons (Fsp3) is 0.474. The molecule has 1 fully saturated rings. The summed E-state index contributed by atoms with van der Waals surface area (Å²) in [6.07, 6.45) is 3.57. The number of hydrogen-bond acceptors (Lipinski definition) is 6. The molecule has 2 heterocycles. The van der Waals surface area contributed by atoms with E-state index in [2.05, 4.69) is 20.3 Å². The van der Waals surface area contributed by atoms with Gasteiger partial charge < -0.3 is 10.4 Å². The normalized spacial score (nSPS) is 19.2. The topological polar surface area (TPSA) is 91.2 Å². The zero-order chi connectivity index (χ0) is 18.7. The number of pyridine rings is 1. The van der Waals surface area contributed by atoms with Crippen molar-refractivity contribution >= 4 is 11.8 Å². The van der Waals surface area contributed by atoms with Crippen LogP contribution in [0.5, 0.6) is 0 Å². The highest BCUT2D eigenvalue weighted by Gasteiger charge is 2.34. The van der Waals surface area contributed by atoms with Crippen LogP contribution in [0.25, 0.3) is 11.5 Å². The van der Waals surface area contributed by atoms with E-state index in [1.165, 1.54) is 0 Å². The fourth-order valence-corrected chi connectivity index (χ4v) is 3.25. The number of nitrogens with zero attached hydrogens (tertiary/aromatic N) is 4. The standard InChI is InChI=1S/C19H25N5O2/c1-4-24(11-17(25)26)15-9-14(10-15)22-18-12(2)13(3)21-19(23-18)16-7-5-6-8-20-16/h5-8,14-15H,4,9-11H2,1-3H3,(H,25,26)(H,21,22,23). The van der Waals surface area contributed by atoms with Gasteiger partial charge in [0, 0.05) is 29.5 Å². The summed E-state index contributed by atoms with van der Waals surface area (Å²) in [6.45, 7) is 6.84. The van der Waals surface area contributed by atoms with E-state index in [9.17, 15) is 4.79 Å². The fourth-order valence-electron chi connectivity index (χ4n) is 3.25. The highest BCUT2D eigenvalue weighted by Crippen LogP contribution is 2.30. The maximum absolute atomic E-state index is 11.0. The van der Waals surface area contributed by atoms with Crippen molar-refractivity contribution in [3.8, 4) is 11.5 Å². The Bertz CT molecular complexity index is 775. The van der Waals surface area contributed by atoms with Crippen LogP contribution < -0.4 is 5.32 Å². The van der Waals surface area contributed by atoms with Crippen molar-refractivity contribution in [3.63, 3.8) is 0 Å². The van der Waals surface area contributed by atoms with Crippen LogP contribution in [-0.4, -0.2) is 56.1 Å². The van der Waals surface area contributed by atoms with Crippen molar-refractivity contribution in [1.29, 1.82) is 0 Å². The van der Waals surface area contributed by atoms with Gasteiger partial charge >= 0.3 is 5.97 Å². The van der Waals surface area contributed by atoms with E-state index in [4.69, 9.17) is 5.11 Å². The quantitative estimate of drug-likeness (QED) is 0.788. The Morgan fingerprint density at radius 1 is 1.31 bits per heavy atom. The van der Waals surface area contributed by atoms with E-state index >= 15 is 0 Å². The summed E-state index contributed by atoms with van der Waals surface area (Å²) in [4.78, 5) is 26.5. The lowest BCUT2D eigenvalue weighted by atomic mass is 9.85. The molecule has 0 saturated heterocycles. The molecular weight excluding hydrogens is 330 g/mol. The van der Waals surface area contributed by atoms with Gasteiger partial charge in [-0.15, -0.1) is 0 Å². The van der Waals surface area contributed by atoms with Gasteiger partial charge in [-0.2, -0.15) is 0 Å². The van der Waals surface area contributed by atoms with Gasteiger partial charge in [0.2, 0.25) is 0 Å². The predicted molar refractivity (Wildman–Crippen MR) is 100 cm³/mol. The van der Waals surface area contributed by atoms with Crippen LogP contribution in [-0.2, 0) is 4.79 Å². The Morgan fingerprint density at radius 2 is 2.08 bits per heavy atom. The summed E-state index contributed by atoms with van der Waals surface area (Å²) in [5, 5.41) is 12.5. The number of anilines is 1. The molecule has 3 rings (SSSR count). The van der Waals surface area contributed by atoms with E-state index < -0.39 is 5.97 Å². The van der Waals surface area contributed by atoms with Gasteiger partial charge in [0.05, 0.1) is 6.54 Å². The molecule has 2 N–H and O–H groups in total. The van der Waals surface area contributed by atoms with Crippen LogP contribution in [0.3, 0.4) is 0 Å². The summed E-state index contributed by atoms with van der Waals surface area (Å²) < 4.78 is 0. The number of hydrogen-bond donors (Lipinski definition) is 2. The number of aromatic nitrogens is 3. The van der Waals surface area contributed by atoms with Crippen molar-refractivity contribution in [2.45, 2.75) is 45.7 Å². The van der Waals surface area contributed by atoms with E-state index in [-0.39, 0.29) is 6.54 Å². The lowest BCUT2D eigenvalue weighted by Gasteiger charge is -2.42. The lowest BCUT2D eigenvalue weighted by Crippen LogP contribution is -2.51. The Kier molecular flexibility index (Phi) is 5.46.